The number of piperazine rings is 1. The van der Waals surface area contributed by atoms with Gasteiger partial charge in [-0.15, -0.1) is 0 Å². The lowest BCUT2D eigenvalue weighted by atomic mass is 10.0. The largest absolute Gasteiger partial charge is 0.355 e. The maximum Gasteiger partial charge on any atom is 0.355 e. The number of aromatic nitrogens is 3. The summed E-state index contributed by atoms with van der Waals surface area (Å²) in [5.41, 5.74) is 0.848. The molecule has 0 bridgehead atoms. The Labute approximate surface area is 244 Å². The van der Waals surface area contributed by atoms with Crippen LogP contribution in [0.25, 0.3) is 28.0 Å². The number of rotatable bonds is 7. The molecule has 1 saturated heterocycles. The predicted molar refractivity (Wildman–Crippen MR) is 164 cm³/mol. The van der Waals surface area contributed by atoms with Crippen LogP contribution in [0.15, 0.2) is 70.1 Å². The van der Waals surface area contributed by atoms with Crippen molar-refractivity contribution in [2.24, 2.45) is 10.9 Å². The van der Waals surface area contributed by atoms with Crippen LogP contribution in [-0.2, 0) is 4.79 Å². The van der Waals surface area contributed by atoms with Crippen molar-refractivity contribution in [1.29, 1.82) is 0 Å². The monoisotopic (exact) mass is 574 g/mol. The van der Waals surface area contributed by atoms with Gasteiger partial charge in [-0.25, -0.2) is 23.1 Å². The van der Waals surface area contributed by atoms with Gasteiger partial charge < -0.3 is 9.80 Å². The molecule has 2 aromatic heterocycles. The topological polar surface area (TPSA) is 83.7 Å². The summed E-state index contributed by atoms with van der Waals surface area (Å²) < 4.78 is 32.0. The molecule has 0 N–H and O–H groups in total. The van der Waals surface area contributed by atoms with Crippen LogP contribution >= 0.6 is 0 Å². The van der Waals surface area contributed by atoms with Gasteiger partial charge in [-0.3, -0.25) is 9.79 Å². The lowest BCUT2D eigenvalue weighted by Crippen LogP contribution is -2.58. The molecule has 8 nitrogen and oxygen atoms in total. The maximum atomic E-state index is 15.9. The Morgan fingerprint density at radius 3 is 2.40 bits per heavy atom. The molecule has 1 aliphatic heterocycles. The summed E-state index contributed by atoms with van der Waals surface area (Å²) in [6, 6.07) is 6.52. The van der Waals surface area contributed by atoms with E-state index in [1.54, 1.807) is 11.0 Å². The Morgan fingerprint density at radius 2 is 1.81 bits per heavy atom. The molecule has 1 amide bonds. The first-order valence-electron chi connectivity index (χ1n) is 13.9. The van der Waals surface area contributed by atoms with Crippen molar-refractivity contribution < 1.29 is 13.6 Å². The van der Waals surface area contributed by atoms with Crippen LogP contribution in [0.4, 0.5) is 14.6 Å². The summed E-state index contributed by atoms with van der Waals surface area (Å²) in [5, 5.41) is 0.267. The smallest absolute Gasteiger partial charge is 0.349 e. The number of benzene rings is 1. The van der Waals surface area contributed by atoms with E-state index in [1.807, 2.05) is 52.5 Å². The third kappa shape index (κ3) is 5.41. The maximum absolute atomic E-state index is 15.9. The Hall–Kier alpha value is -4.47. The third-order valence-corrected chi connectivity index (χ3v) is 7.64. The summed E-state index contributed by atoms with van der Waals surface area (Å²) in [5.74, 6) is -1.50. The number of nitrogens with zero attached hydrogens (tertiary/aromatic N) is 6. The first-order valence-corrected chi connectivity index (χ1v) is 13.9. The van der Waals surface area contributed by atoms with Crippen molar-refractivity contribution >= 4 is 35.2 Å². The van der Waals surface area contributed by atoms with Gasteiger partial charge in [-0.1, -0.05) is 38.6 Å². The average molecular weight is 575 g/mol. The van der Waals surface area contributed by atoms with Crippen LogP contribution in [-0.4, -0.2) is 57.2 Å². The zero-order valence-electron chi connectivity index (χ0n) is 24.9. The summed E-state index contributed by atoms with van der Waals surface area (Å²) in [7, 11) is 0. The van der Waals surface area contributed by atoms with Crippen molar-refractivity contribution in [2.45, 2.75) is 53.6 Å². The number of anilines is 1. The van der Waals surface area contributed by atoms with Gasteiger partial charge in [0.05, 0.1) is 16.8 Å². The molecule has 0 saturated carbocycles. The number of allylic oxidation sites excluding steroid dienone is 4. The van der Waals surface area contributed by atoms with E-state index in [0.717, 1.165) is 0 Å². The molecule has 42 heavy (non-hydrogen) atoms. The fourth-order valence-corrected chi connectivity index (χ4v) is 5.37. The van der Waals surface area contributed by atoms with E-state index < -0.39 is 17.3 Å². The molecular weight excluding hydrogens is 538 g/mol. The predicted octanol–water partition coefficient (Wildman–Crippen LogP) is 5.84. The summed E-state index contributed by atoms with van der Waals surface area (Å²) in [4.78, 5) is 43.4. The molecule has 1 aliphatic rings. The fraction of sp³-hybridized carbons (Fsp3) is 0.344. The normalized spacial score (nSPS) is 18.4. The van der Waals surface area contributed by atoms with E-state index in [2.05, 4.69) is 28.3 Å². The minimum Gasteiger partial charge on any atom is -0.349 e. The Kier molecular flexibility index (Phi) is 8.84. The van der Waals surface area contributed by atoms with Gasteiger partial charge in [0.2, 0.25) is 5.91 Å². The van der Waals surface area contributed by atoms with E-state index in [0.29, 0.717) is 30.1 Å². The van der Waals surface area contributed by atoms with Crippen LogP contribution < -0.4 is 10.6 Å². The third-order valence-electron chi connectivity index (χ3n) is 7.64. The molecule has 0 spiro atoms. The lowest BCUT2D eigenvalue weighted by molar-refractivity contribution is -0.128. The molecular formula is C32H36F2N6O2. The quantitative estimate of drug-likeness (QED) is 0.201. The minimum atomic E-state index is -0.763. The molecule has 10 heteroatoms. The van der Waals surface area contributed by atoms with Crippen LogP contribution in [0.5, 0.6) is 0 Å². The van der Waals surface area contributed by atoms with Crippen molar-refractivity contribution in [3.05, 3.63) is 82.5 Å². The van der Waals surface area contributed by atoms with Crippen LogP contribution in [0, 0.1) is 17.6 Å². The van der Waals surface area contributed by atoms with E-state index >= 15 is 4.39 Å². The molecule has 3 aromatic rings. The number of aliphatic imine (C=N–C) groups is 1. The van der Waals surface area contributed by atoms with Crippen molar-refractivity contribution in [2.75, 3.05) is 18.0 Å². The molecule has 2 atom stereocenters. The van der Waals surface area contributed by atoms with Gasteiger partial charge in [-0.05, 0) is 70.2 Å². The standard InChI is InChI=1S/C32H36F2N6O2/c1-9-19(5)29(27(35-8)18(3)4)40-31-23(15-25(34)28(36-31)22-13-11-12-14-24(22)33)30(37-32(40)42)39-17-20(6)38(16-21(39)7)26(41)10-2/h9-15,18,20-21H,2,8,16-17H2,1,3-7H3/b19-9-,29-27+/t20-,21+/m1/s1. The molecule has 0 aliphatic carbocycles. The highest BCUT2D eigenvalue weighted by molar-refractivity contribution is 5.93. The summed E-state index contributed by atoms with van der Waals surface area (Å²) in [6.07, 6.45) is 3.10. The second-order valence-corrected chi connectivity index (χ2v) is 10.8. The Bertz CT molecular complexity index is 1690. The first kappa shape index (κ1) is 30.5. The van der Waals surface area contributed by atoms with Crippen LogP contribution in [0.1, 0.15) is 41.5 Å². The van der Waals surface area contributed by atoms with Gasteiger partial charge in [0.25, 0.3) is 0 Å². The van der Waals surface area contributed by atoms with Crippen LogP contribution in [0.2, 0.25) is 0 Å². The van der Waals surface area contributed by atoms with Gasteiger partial charge in [0, 0.05) is 30.7 Å². The second-order valence-electron chi connectivity index (χ2n) is 10.8. The first-order chi connectivity index (χ1) is 19.9. The Morgan fingerprint density at radius 1 is 1.12 bits per heavy atom. The lowest BCUT2D eigenvalue weighted by Gasteiger charge is -2.44. The number of carbonyl (C=O) groups excluding carboxylic acids is 1. The van der Waals surface area contributed by atoms with E-state index in [-0.39, 0.29) is 52.0 Å². The number of halogens is 2. The minimum absolute atomic E-state index is 0.0352. The highest BCUT2D eigenvalue weighted by atomic mass is 19.1. The highest BCUT2D eigenvalue weighted by Gasteiger charge is 2.34. The van der Waals surface area contributed by atoms with Crippen molar-refractivity contribution in [3.8, 4) is 11.3 Å². The van der Waals surface area contributed by atoms with Gasteiger partial charge in [0.15, 0.2) is 5.65 Å². The van der Waals surface area contributed by atoms with Crippen molar-refractivity contribution in [1.82, 2.24) is 19.4 Å². The number of amides is 1. The molecule has 1 aromatic carbocycles. The number of fused-ring (bicyclic) bond motifs is 1. The molecule has 3 heterocycles. The van der Waals surface area contributed by atoms with Crippen LogP contribution in [0.3, 0.4) is 0 Å². The highest BCUT2D eigenvalue weighted by Crippen LogP contribution is 2.35. The number of pyridine rings is 1. The van der Waals surface area contributed by atoms with Gasteiger partial charge in [-0.2, -0.15) is 4.98 Å². The second kappa shape index (κ2) is 12.2. The average Bonchev–Trinajstić information content (AvgIpc) is 2.96. The van der Waals surface area contributed by atoms with Gasteiger partial charge in [0.1, 0.15) is 23.1 Å². The van der Waals surface area contributed by atoms with E-state index in [1.165, 1.54) is 34.9 Å². The molecule has 4 rings (SSSR count). The SMILES string of the molecule is C=CC(=O)N1C[C@H](C)N(c2nc(=O)n(C(/C(C)=C\C)=C(/N=C)C(C)C)c3nc(-c4ccccc4F)c(F)cc23)C[C@H]1C. The zero-order chi connectivity index (χ0) is 30.9. The Balaban J connectivity index is 2.11. The number of hydrogen-bond acceptors (Lipinski definition) is 6. The van der Waals surface area contributed by atoms with Gasteiger partial charge >= 0.3 is 5.69 Å². The number of hydrogen-bond donors (Lipinski definition) is 0. The number of carbonyl (C=O) groups is 1. The summed E-state index contributed by atoms with van der Waals surface area (Å²) in [6.45, 7) is 19.3. The van der Waals surface area contributed by atoms with Crippen molar-refractivity contribution in [3.63, 3.8) is 0 Å². The zero-order valence-corrected chi connectivity index (χ0v) is 24.9. The molecule has 0 radical (unpaired) electrons. The fourth-order valence-electron chi connectivity index (χ4n) is 5.37. The molecule has 0 unspecified atom stereocenters. The molecule has 220 valence electrons. The van der Waals surface area contributed by atoms with E-state index in [9.17, 15) is 14.0 Å². The molecule has 1 fully saturated rings. The summed E-state index contributed by atoms with van der Waals surface area (Å²) >= 11 is 0. The van der Waals surface area contributed by atoms with E-state index in [4.69, 9.17) is 0 Å².